The Morgan fingerprint density at radius 3 is 2.50 bits per heavy atom. The van der Waals surface area contributed by atoms with Gasteiger partial charge in [0.2, 0.25) is 0 Å². The van der Waals surface area contributed by atoms with Gasteiger partial charge in [-0.1, -0.05) is 32.6 Å². The molecule has 0 aromatic heterocycles. The van der Waals surface area contributed by atoms with Gasteiger partial charge in [0.1, 0.15) is 0 Å². The number of unbranched alkanes of at least 4 members (excludes halogenated alkanes) is 4. The van der Waals surface area contributed by atoms with Gasteiger partial charge in [-0.3, -0.25) is 0 Å². The van der Waals surface area contributed by atoms with Crippen LogP contribution in [0.3, 0.4) is 0 Å². The lowest BCUT2D eigenvalue weighted by atomic mass is 10.1. The maximum Gasteiger partial charge on any atom is 0.159 e. The Morgan fingerprint density at radius 2 is 1.86 bits per heavy atom. The molecule has 0 saturated carbocycles. The largest absolute Gasteiger partial charge is 0.487 e. The summed E-state index contributed by atoms with van der Waals surface area (Å²) in [7, 11) is 0. The molecule has 0 aromatic carbocycles. The van der Waals surface area contributed by atoms with Crippen molar-refractivity contribution in [3.05, 3.63) is 0 Å². The summed E-state index contributed by atoms with van der Waals surface area (Å²) < 4.78 is 5.26. The van der Waals surface area contributed by atoms with E-state index in [9.17, 15) is 0 Å². The predicted octanol–water partition coefficient (Wildman–Crippen LogP) is 3.07. The van der Waals surface area contributed by atoms with Crippen LogP contribution in [0.5, 0.6) is 0 Å². The number of aliphatic hydroxyl groups is 1. The van der Waals surface area contributed by atoms with E-state index < -0.39 is 0 Å². The zero-order chi connectivity index (χ0) is 10.6. The Hall–Kier alpha value is -0.150. The first-order chi connectivity index (χ1) is 6.81. The Morgan fingerprint density at radius 1 is 1.14 bits per heavy atom. The molecule has 0 aliphatic rings. The lowest BCUT2D eigenvalue weighted by Gasteiger charge is -2.05. The number of hydrogen-bond acceptors (Lipinski definition) is 3. The van der Waals surface area contributed by atoms with E-state index in [4.69, 9.17) is 22.1 Å². The van der Waals surface area contributed by atoms with Crippen molar-refractivity contribution in [3.8, 4) is 0 Å². The molecule has 2 nitrogen and oxygen atoms in total. The van der Waals surface area contributed by atoms with Gasteiger partial charge in [0.25, 0.3) is 0 Å². The van der Waals surface area contributed by atoms with Gasteiger partial charge < -0.3 is 9.84 Å². The van der Waals surface area contributed by atoms with E-state index in [1.54, 1.807) is 0 Å². The van der Waals surface area contributed by atoms with Gasteiger partial charge in [-0.05, 0) is 18.6 Å². The molecule has 0 aliphatic heterocycles. The van der Waals surface area contributed by atoms with Crippen molar-refractivity contribution in [1.29, 1.82) is 0 Å². The second-order valence-corrected chi connectivity index (χ2v) is 3.92. The molecule has 0 saturated heterocycles. The molecule has 0 spiro atoms. The van der Waals surface area contributed by atoms with Crippen LogP contribution in [0, 0.1) is 0 Å². The van der Waals surface area contributed by atoms with E-state index in [0.717, 1.165) is 12.8 Å². The third-order valence-corrected chi connectivity index (χ3v) is 2.37. The average Bonchev–Trinajstić information content (AvgIpc) is 2.18. The molecule has 0 bridgehead atoms. The van der Waals surface area contributed by atoms with Gasteiger partial charge in [0.15, 0.2) is 5.05 Å². The second-order valence-electron chi connectivity index (χ2n) is 3.46. The average molecular weight is 218 g/mol. The Labute approximate surface area is 92.7 Å². The molecule has 1 N–H and O–H groups in total. The molecule has 3 heteroatoms. The first kappa shape index (κ1) is 13.8. The van der Waals surface area contributed by atoms with E-state index in [-0.39, 0.29) is 6.61 Å². The molecule has 0 heterocycles. The third kappa shape index (κ3) is 9.93. The highest BCUT2D eigenvalue weighted by molar-refractivity contribution is 7.80. The van der Waals surface area contributed by atoms with Crippen LogP contribution in [0.2, 0.25) is 0 Å². The van der Waals surface area contributed by atoms with Gasteiger partial charge in [0, 0.05) is 19.4 Å². The molecule has 0 atom stereocenters. The maximum absolute atomic E-state index is 8.53. The quantitative estimate of drug-likeness (QED) is 0.476. The van der Waals surface area contributed by atoms with Gasteiger partial charge in [-0.25, -0.2) is 0 Å². The highest BCUT2D eigenvalue weighted by atomic mass is 32.1. The van der Waals surface area contributed by atoms with Crippen molar-refractivity contribution in [2.75, 3.05) is 13.2 Å². The van der Waals surface area contributed by atoms with E-state index >= 15 is 0 Å². The van der Waals surface area contributed by atoms with Gasteiger partial charge >= 0.3 is 0 Å². The molecule has 0 fully saturated rings. The van der Waals surface area contributed by atoms with Crippen LogP contribution >= 0.6 is 12.2 Å². The molecule has 14 heavy (non-hydrogen) atoms. The van der Waals surface area contributed by atoms with Crippen molar-refractivity contribution in [2.24, 2.45) is 0 Å². The molecule has 0 unspecified atom stereocenters. The van der Waals surface area contributed by atoms with Crippen LogP contribution in [0.1, 0.15) is 51.9 Å². The Kier molecular flexibility index (Phi) is 10.8. The summed E-state index contributed by atoms with van der Waals surface area (Å²) in [6, 6.07) is 0. The number of thiocarbonyl (C=S) groups is 1. The molecule has 0 radical (unpaired) electrons. The highest BCUT2D eigenvalue weighted by Crippen LogP contribution is 2.06. The molecular weight excluding hydrogens is 196 g/mol. The minimum atomic E-state index is 0.180. The first-order valence-electron chi connectivity index (χ1n) is 5.57. The van der Waals surface area contributed by atoms with Crippen molar-refractivity contribution >= 4 is 17.3 Å². The summed E-state index contributed by atoms with van der Waals surface area (Å²) in [6.45, 7) is 2.95. The monoisotopic (exact) mass is 218 g/mol. The summed E-state index contributed by atoms with van der Waals surface area (Å²) in [5.41, 5.74) is 0. The van der Waals surface area contributed by atoms with Crippen LogP contribution < -0.4 is 0 Å². The summed E-state index contributed by atoms with van der Waals surface area (Å²) in [4.78, 5) is 0. The summed E-state index contributed by atoms with van der Waals surface area (Å²) in [5, 5.41) is 9.23. The number of aliphatic hydroxyl groups excluding tert-OH is 1. The first-order valence-corrected chi connectivity index (χ1v) is 5.98. The van der Waals surface area contributed by atoms with Crippen LogP contribution in [0.4, 0.5) is 0 Å². The van der Waals surface area contributed by atoms with Crippen molar-refractivity contribution < 1.29 is 9.84 Å². The van der Waals surface area contributed by atoms with Gasteiger partial charge in [-0.2, -0.15) is 0 Å². The highest BCUT2D eigenvalue weighted by Gasteiger charge is 1.97. The van der Waals surface area contributed by atoms with Crippen molar-refractivity contribution in [1.82, 2.24) is 0 Å². The van der Waals surface area contributed by atoms with E-state index in [2.05, 4.69) is 6.92 Å². The number of ether oxygens (including phenoxy) is 1. The van der Waals surface area contributed by atoms with Crippen LogP contribution in [-0.2, 0) is 4.74 Å². The molecule has 0 rings (SSSR count). The second kappa shape index (κ2) is 10.9. The fourth-order valence-electron chi connectivity index (χ4n) is 1.20. The zero-order valence-corrected chi connectivity index (χ0v) is 9.94. The molecular formula is C11H22O2S. The Bertz CT molecular complexity index is 137. The Balaban J connectivity index is 3.10. The van der Waals surface area contributed by atoms with E-state index in [1.165, 1.54) is 25.7 Å². The van der Waals surface area contributed by atoms with Gasteiger partial charge in [-0.15, -0.1) is 0 Å². The SMILES string of the molecule is CCCCCCCC(=S)OCCCO. The minimum Gasteiger partial charge on any atom is -0.487 e. The smallest absolute Gasteiger partial charge is 0.159 e. The summed E-state index contributed by atoms with van der Waals surface area (Å²) in [6.07, 6.45) is 7.85. The molecule has 0 aromatic rings. The fourth-order valence-corrected chi connectivity index (χ4v) is 1.42. The van der Waals surface area contributed by atoms with Crippen LogP contribution in [-0.4, -0.2) is 23.4 Å². The number of hydrogen-bond donors (Lipinski definition) is 1. The zero-order valence-electron chi connectivity index (χ0n) is 9.13. The van der Waals surface area contributed by atoms with E-state index in [1.807, 2.05) is 0 Å². The normalized spacial score (nSPS) is 10.1. The lowest BCUT2D eigenvalue weighted by Crippen LogP contribution is -2.04. The molecule has 0 aliphatic carbocycles. The van der Waals surface area contributed by atoms with Gasteiger partial charge in [0.05, 0.1) is 6.61 Å². The summed E-state index contributed by atoms with van der Waals surface area (Å²) >= 11 is 5.04. The van der Waals surface area contributed by atoms with E-state index in [0.29, 0.717) is 18.1 Å². The standard InChI is InChI=1S/C11H22O2S/c1-2-3-4-5-6-8-11(14)13-10-7-9-12/h12H,2-10H2,1H3. The summed E-state index contributed by atoms with van der Waals surface area (Å²) in [5.74, 6) is 0. The predicted molar refractivity (Wildman–Crippen MR) is 63.6 cm³/mol. The maximum atomic E-state index is 8.53. The van der Waals surface area contributed by atoms with Crippen LogP contribution in [0.25, 0.3) is 0 Å². The molecule has 0 amide bonds. The number of rotatable bonds is 9. The minimum absolute atomic E-state index is 0.180. The molecule has 84 valence electrons. The van der Waals surface area contributed by atoms with Crippen molar-refractivity contribution in [2.45, 2.75) is 51.9 Å². The topological polar surface area (TPSA) is 29.5 Å². The van der Waals surface area contributed by atoms with Crippen LogP contribution in [0.15, 0.2) is 0 Å². The lowest BCUT2D eigenvalue weighted by molar-refractivity contribution is 0.227. The van der Waals surface area contributed by atoms with Crippen molar-refractivity contribution in [3.63, 3.8) is 0 Å². The fraction of sp³-hybridized carbons (Fsp3) is 0.909. The third-order valence-electron chi connectivity index (χ3n) is 2.05.